The van der Waals surface area contributed by atoms with E-state index in [1.54, 1.807) is 6.92 Å². The molecule has 62 heavy (non-hydrogen) atoms. The molecule has 0 aromatic carbocycles. The molecule has 3 heterocycles. The zero-order valence-electron chi connectivity index (χ0n) is 36.5. The molecule has 364 valence electrons. The molecule has 0 spiro atoms. The smallest absolute Gasteiger partial charge is 0.364 e. The summed E-state index contributed by atoms with van der Waals surface area (Å²) in [6.45, 7) is 3.05. The topological polar surface area (TPSA) is 321 Å². The Hall–Kier alpha value is -1.70. The van der Waals surface area contributed by atoms with Crippen LogP contribution in [-0.4, -0.2) is 180 Å². The Kier molecular flexibility index (Phi) is 24.4. The largest absolute Gasteiger partial charge is 0.394 e. The van der Waals surface area contributed by atoms with Crippen molar-refractivity contribution in [1.82, 2.24) is 0 Å². The van der Waals surface area contributed by atoms with Gasteiger partial charge in [0.1, 0.15) is 79.2 Å². The number of ether oxygens (including phenoxy) is 5. The second kappa shape index (κ2) is 27.7. The number of rotatable bonds is 27. The Balaban J connectivity index is 1.93. The SMILES string of the molecule is CCCCCCCCCCCCCCC(C(=O)OOC(=O)C(CC)CCCC)C1(O[C@H]2[C@H](O)[C@@H](O)C(O[C@H]3[C@H](O)[C@@H](O)[C@@H](O)O[C@@H]3CO)O[C@@H]2CO)O[C@H](CO)[C@@H](O)[C@H](O)[C@H]1O. The van der Waals surface area contributed by atoms with Crippen LogP contribution in [0.3, 0.4) is 0 Å². The predicted octanol–water partition coefficient (Wildman–Crippen LogP) is -0.278. The van der Waals surface area contributed by atoms with Crippen LogP contribution in [0.15, 0.2) is 0 Å². The van der Waals surface area contributed by atoms with Gasteiger partial charge in [-0.15, -0.1) is 0 Å². The maximum atomic E-state index is 14.2. The van der Waals surface area contributed by atoms with E-state index in [2.05, 4.69) is 6.92 Å². The third-order valence-electron chi connectivity index (χ3n) is 12.3. The maximum absolute atomic E-state index is 14.2. The summed E-state index contributed by atoms with van der Waals surface area (Å²) in [7, 11) is 0. The van der Waals surface area contributed by atoms with Crippen LogP contribution in [0.25, 0.3) is 0 Å². The van der Waals surface area contributed by atoms with Crippen LogP contribution >= 0.6 is 0 Å². The van der Waals surface area contributed by atoms with E-state index in [1.807, 2.05) is 6.92 Å². The van der Waals surface area contributed by atoms with E-state index in [-0.39, 0.29) is 12.8 Å². The Morgan fingerprint density at radius 1 is 0.548 bits per heavy atom. The second-order valence-corrected chi connectivity index (χ2v) is 16.9. The Bertz CT molecular complexity index is 1260. The van der Waals surface area contributed by atoms with Crippen molar-refractivity contribution in [1.29, 1.82) is 0 Å². The van der Waals surface area contributed by atoms with Gasteiger partial charge in [0, 0.05) is 0 Å². The summed E-state index contributed by atoms with van der Waals surface area (Å²) in [4.78, 5) is 37.4. The third-order valence-corrected chi connectivity index (χ3v) is 12.3. The average Bonchev–Trinajstić information content (AvgIpc) is 3.27. The number of carbonyl (C=O) groups is 2. The summed E-state index contributed by atoms with van der Waals surface area (Å²) < 4.78 is 28.7. The van der Waals surface area contributed by atoms with Gasteiger partial charge in [-0.2, -0.15) is 0 Å². The first-order valence-electron chi connectivity index (χ1n) is 22.7. The first-order valence-corrected chi connectivity index (χ1v) is 22.7. The number of carbonyl (C=O) groups excluding carboxylic acids is 2. The van der Waals surface area contributed by atoms with Crippen LogP contribution < -0.4 is 0 Å². The molecule has 11 N–H and O–H groups in total. The van der Waals surface area contributed by atoms with E-state index in [1.165, 1.54) is 32.1 Å². The van der Waals surface area contributed by atoms with Crippen LogP contribution in [0.5, 0.6) is 0 Å². The van der Waals surface area contributed by atoms with Crippen molar-refractivity contribution in [2.24, 2.45) is 11.8 Å². The second-order valence-electron chi connectivity index (χ2n) is 16.9. The summed E-state index contributed by atoms with van der Waals surface area (Å²) in [5.74, 6) is -7.46. The van der Waals surface area contributed by atoms with Gasteiger partial charge in [0.2, 0.25) is 5.79 Å². The number of hydrogen-bond acceptors (Lipinski definition) is 20. The molecular weight excluding hydrogens is 824 g/mol. The molecule has 3 saturated heterocycles. The van der Waals surface area contributed by atoms with Crippen LogP contribution in [0, 0.1) is 11.8 Å². The Morgan fingerprint density at radius 3 is 1.61 bits per heavy atom. The molecule has 0 aromatic heterocycles. The lowest BCUT2D eigenvalue weighted by molar-refractivity contribution is -0.422. The van der Waals surface area contributed by atoms with Crippen molar-refractivity contribution < 1.29 is 99.2 Å². The number of aliphatic hydroxyl groups excluding tert-OH is 11. The number of aliphatic hydroxyl groups is 11. The fourth-order valence-electron chi connectivity index (χ4n) is 8.37. The van der Waals surface area contributed by atoms with Crippen molar-refractivity contribution in [3.63, 3.8) is 0 Å². The summed E-state index contributed by atoms with van der Waals surface area (Å²) in [6, 6.07) is 0. The summed E-state index contributed by atoms with van der Waals surface area (Å²) in [5, 5.41) is 118. The normalized spacial score (nSPS) is 36.2. The van der Waals surface area contributed by atoms with Crippen LogP contribution in [-0.2, 0) is 43.0 Å². The van der Waals surface area contributed by atoms with E-state index in [9.17, 15) is 65.8 Å². The van der Waals surface area contributed by atoms with Gasteiger partial charge in [0.25, 0.3) is 0 Å². The molecule has 17 atom stereocenters. The summed E-state index contributed by atoms with van der Waals surface area (Å²) in [6.07, 6.45) is -13.2. The molecule has 0 aromatic rings. The quantitative estimate of drug-likeness (QED) is 0.0287. The van der Waals surface area contributed by atoms with E-state index in [0.29, 0.717) is 25.7 Å². The van der Waals surface area contributed by atoms with Gasteiger partial charge in [-0.1, -0.05) is 111 Å². The summed E-state index contributed by atoms with van der Waals surface area (Å²) in [5.41, 5.74) is 0. The molecule has 4 unspecified atom stereocenters. The first kappa shape index (κ1) is 54.6. The molecule has 3 rings (SSSR count). The van der Waals surface area contributed by atoms with Crippen LogP contribution in [0.2, 0.25) is 0 Å². The molecule has 0 radical (unpaired) electrons. The van der Waals surface area contributed by atoms with Crippen molar-refractivity contribution >= 4 is 11.9 Å². The molecule has 3 fully saturated rings. The molecule has 3 aliphatic heterocycles. The maximum Gasteiger partial charge on any atom is 0.364 e. The van der Waals surface area contributed by atoms with Gasteiger partial charge >= 0.3 is 11.9 Å². The molecule has 0 bridgehead atoms. The molecule has 20 heteroatoms. The van der Waals surface area contributed by atoms with Crippen LogP contribution in [0.1, 0.15) is 130 Å². The van der Waals surface area contributed by atoms with Gasteiger partial charge in [-0.25, -0.2) is 19.4 Å². The molecule has 0 amide bonds. The minimum atomic E-state index is -2.86. The van der Waals surface area contributed by atoms with E-state index in [4.69, 9.17) is 33.5 Å². The van der Waals surface area contributed by atoms with Crippen molar-refractivity contribution in [2.75, 3.05) is 19.8 Å². The Labute approximate surface area is 363 Å². The Morgan fingerprint density at radius 2 is 1.06 bits per heavy atom. The molecule has 20 nitrogen and oxygen atoms in total. The van der Waals surface area contributed by atoms with Gasteiger partial charge in [-0.05, 0) is 19.3 Å². The highest BCUT2D eigenvalue weighted by atomic mass is 17.2. The zero-order chi connectivity index (χ0) is 46.0. The lowest BCUT2D eigenvalue weighted by Crippen LogP contribution is -2.73. The zero-order valence-corrected chi connectivity index (χ0v) is 36.5. The van der Waals surface area contributed by atoms with E-state index < -0.39 is 135 Å². The minimum absolute atomic E-state index is 0.225. The third kappa shape index (κ3) is 14.4. The molecule has 3 aliphatic rings. The lowest BCUT2D eigenvalue weighted by Gasteiger charge is -2.54. The highest BCUT2D eigenvalue weighted by molar-refractivity contribution is 5.76. The lowest BCUT2D eigenvalue weighted by atomic mass is 9.81. The van der Waals surface area contributed by atoms with Crippen molar-refractivity contribution in [2.45, 2.75) is 222 Å². The molecule has 0 saturated carbocycles. The minimum Gasteiger partial charge on any atom is -0.394 e. The standard InChI is InChI=1S/C42H76O20/c1-4-7-9-10-11-12-13-14-15-16-17-18-20-25(39(54)62-61-38(53)24(6-3)19-8-5-2)42(37(52)32(49)29(46)26(21-43)59-42)60-36-28(23-45)57-41(34(51)31(36)48)58-35-27(22-44)56-40(55)33(50)30(35)47/h24-37,40-41,43-52,55H,4-23H2,1-3H3/t24?,25?,26-,27-,28-,29-,30-,31-,32+,33-,34-,35-,36-,37-,40+,41?,42?/m1/s1. The van der Waals surface area contributed by atoms with Gasteiger partial charge in [0.15, 0.2) is 12.6 Å². The van der Waals surface area contributed by atoms with E-state index in [0.717, 1.165) is 38.5 Å². The monoisotopic (exact) mass is 900 g/mol. The van der Waals surface area contributed by atoms with Crippen molar-refractivity contribution in [3.8, 4) is 0 Å². The van der Waals surface area contributed by atoms with Crippen molar-refractivity contribution in [3.05, 3.63) is 0 Å². The van der Waals surface area contributed by atoms with Crippen LogP contribution in [0.4, 0.5) is 0 Å². The highest BCUT2D eigenvalue weighted by Crippen LogP contribution is 2.43. The highest BCUT2D eigenvalue weighted by Gasteiger charge is 2.64. The van der Waals surface area contributed by atoms with Gasteiger partial charge in [-0.3, -0.25) is 0 Å². The average molecular weight is 901 g/mol. The fraction of sp³-hybridized carbons (Fsp3) is 0.952. The van der Waals surface area contributed by atoms with Gasteiger partial charge in [0.05, 0.1) is 25.7 Å². The molecular formula is C42H76O20. The number of hydrogen-bond donors (Lipinski definition) is 11. The first-order chi connectivity index (χ1) is 29.7. The summed E-state index contributed by atoms with van der Waals surface area (Å²) >= 11 is 0. The number of unbranched alkanes of at least 4 members (excludes halogenated alkanes) is 12. The van der Waals surface area contributed by atoms with E-state index >= 15 is 0 Å². The predicted molar refractivity (Wildman–Crippen MR) is 215 cm³/mol. The molecule has 0 aliphatic carbocycles. The fourth-order valence-corrected chi connectivity index (χ4v) is 8.37. The van der Waals surface area contributed by atoms with Gasteiger partial charge < -0.3 is 79.9 Å².